The molecule has 0 heterocycles. The maximum absolute atomic E-state index is 12.7. The summed E-state index contributed by atoms with van der Waals surface area (Å²) in [6.45, 7) is 7.93. The van der Waals surface area contributed by atoms with E-state index in [1.165, 1.54) is 0 Å². The van der Waals surface area contributed by atoms with Crippen LogP contribution in [-0.2, 0) is 4.79 Å². The van der Waals surface area contributed by atoms with E-state index in [1.807, 2.05) is 49.4 Å². The normalized spacial score (nSPS) is 14.9. The Balaban J connectivity index is 2.35. The van der Waals surface area contributed by atoms with Crippen LogP contribution in [0, 0.1) is 12.8 Å². The van der Waals surface area contributed by atoms with Gasteiger partial charge in [0.05, 0.1) is 14.6 Å². The maximum Gasteiger partial charge on any atom is 0.308 e. The minimum absolute atomic E-state index is 0.215. The highest BCUT2D eigenvalue weighted by Crippen LogP contribution is 2.33. The van der Waals surface area contributed by atoms with Crippen LogP contribution >= 0.6 is 0 Å². The van der Waals surface area contributed by atoms with Crippen LogP contribution in [0.25, 0.3) is 0 Å². The lowest BCUT2D eigenvalue weighted by Crippen LogP contribution is -2.52. The number of benzene rings is 2. The smallest absolute Gasteiger partial charge is 0.308 e. The summed E-state index contributed by atoms with van der Waals surface area (Å²) in [6.07, 6.45) is 0.625. The predicted octanol–water partition coefficient (Wildman–Crippen LogP) is 2.90. The van der Waals surface area contributed by atoms with E-state index in [4.69, 9.17) is 0 Å². The summed E-state index contributed by atoms with van der Waals surface area (Å²) in [5.41, 5.74) is 1.67. The molecule has 2 aromatic rings. The Bertz CT molecular complexity index is 791. The van der Waals surface area contributed by atoms with Gasteiger partial charge in [-0.05, 0) is 38.3 Å². The molecule has 0 fully saturated rings. The molecule has 0 saturated carbocycles. The van der Waals surface area contributed by atoms with Crippen molar-refractivity contribution in [3.05, 3.63) is 65.7 Å². The number of hydrogen-bond acceptors (Lipinski definition) is 2. The number of carbonyl (C=O) groups excluding carboxylic acids is 1. The molecule has 4 nitrogen and oxygen atoms in total. The molecule has 2 aromatic carbocycles. The van der Waals surface area contributed by atoms with E-state index in [9.17, 15) is 14.7 Å². The van der Waals surface area contributed by atoms with E-state index in [0.29, 0.717) is 12.0 Å². The van der Waals surface area contributed by atoms with E-state index in [-0.39, 0.29) is 11.8 Å². The molecule has 1 amide bonds. The quantitative estimate of drug-likeness (QED) is 0.689. The molecule has 0 saturated heterocycles. The molecule has 0 aliphatic carbocycles. The molecule has 0 aliphatic heterocycles. The molecule has 0 radical (unpaired) electrons. The molecular formula is C22H29NO3Si. The van der Waals surface area contributed by atoms with Gasteiger partial charge in [-0.3, -0.25) is 9.59 Å². The molecule has 2 rings (SSSR count). The first kappa shape index (κ1) is 20.9. The molecule has 2 N–H and O–H groups in total. The van der Waals surface area contributed by atoms with Gasteiger partial charge in [-0.2, -0.15) is 0 Å². The number of carboxylic acids is 1. The van der Waals surface area contributed by atoms with Crippen molar-refractivity contribution in [2.24, 2.45) is 5.92 Å². The fourth-order valence-corrected chi connectivity index (χ4v) is 5.44. The third kappa shape index (κ3) is 5.29. The highest BCUT2D eigenvalue weighted by molar-refractivity contribution is 6.61. The standard InChI is InChI=1S/C22H29NO3Si/c1-15(2)14-19(23-20(24)17-11-6-5-7-12-17)22(4,21(25)26)27-18-13-9-8-10-16(18)3/h5-13,15,19H,14,27H2,1-4H3,(H,23,24)(H,25,26). The van der Waals surface area contributed by atoms with Gasteiger partial charge in [0.25, 0.3) is 5.91 Å². The lowest BCUT2D eigenvalue weighted by molar-refractivity contribution is -0.141. The molecule has 144 valence electrons. The third-order valence-corrected chi connectivity index (χ3v) is 7.83. The first-order chi connectivity index (χ1) is 12.7. The van der Waals surface area contributed by atoms with Crippen molar-refractivity contribution in [2.75, 3.05) is 0 Å². The SMILES string of the molecule is Cc1ccccc1[SiH2]C(C)(C(=O)O)C(CC(C)C)NC(=O)c1ccccc1. The van der Waals surface area contributed by atoms with E-state index >= 15 is 0 Å². The Morgan fingerprint density at radius 3 is 2.22 bits per heavy atom. The van der Waals surface area contributed by atoms with Crippen LogP contribution in [0.3, 0.4) is 0 Å². The van der Waals surface area contributed by atoms with Crippen LogP contribution in [0.1, 0.15) is 43.1 Å². The average molecular weight is 384 g/mol. The number of carboxylic acid groups (broad SMARTS) is 1. The molecule has 0 spiro atoms. The molecule has 0 aromatic heterocycles. The van der Waals surface area contributed by atoms with Crippen molar-refractivity contribution in [1.29, 1.82) is 0 Å². The topological polar surface area (TPSA) is 66.4 Å². The maximum atomic E-state index is 12.7. The fraction of sp³-hybridized carbons (Fsp3) is 0.364. The molecule has 5 heteroatoms. The first-order valence-electron chi connectivity index (χ1n) is 9.38. The summed E-state index contributed by atoms with van der Waals surface area (Å²) >= 11 is 0. The monoisotopic (exact) mass is 383 g/mol. The number of carbonyl (C=O) groups is 2. The summed E-state index contributed by atoms with van der Waals surface area (Å²) < 4.78 is 0. The molecule has 2 atom stereocenters. The largest absolute Gasteiger partial charge is 0.481 e. The van der Waals surface area contributed by atoms with Gasteiger partial charge in [-0.1, -0.05) is 67.1 Å². The predicted molar refractivity (Wildman–Crippen MR) is 113 cm³/mol. The third-order valence-electron chi connectivity index (χ3n) is 5.13. The summed E-state index contributed by atoms with van der Waals surface area (Å²) in [4.78, 5) is 25.1. The number of aliphatic carboxylic acids is 1. The second-order valence-corrected chi connectivity index (χ2v) is 10.4. The first-order valence-corrected chi connectivity index (χ1v) is 10.8. The summed E-state index contributed by atoms with van der Waals surface area (Å²) in [5.74, 6) is -0.778. The lowest BCUT2D eigenvalue weighted by Gasteiger charge is -2.36. The van der Waals surface area contributed by atoms with Crippen molar-refractivity contribution in [3.63, 3.8) is 0 Å². The van der Waals surface area contributed by atoms with Gasteiger partial charge >= 0.3 is 5.97 Å². The minimum Gasteiger partial charge on any atom is -0.481 e. The highest BCUT2D eigenvalue weighted by Gasteiger charge is 2.43. The zero-order valence-electron chi connectivity index (χ0n) is 16.5. The van der Waals surface area contributed by atoms with E-state index in [1.54, 1.807) is 19.1 Å². The number of rotatable bonds is 8. The lowest BCUT2D eigenvalue weighted by atomic mass is 9.91. The van der Waals surface area contributed by atoms with Crippen molar-refractivity contribution >= 4 is 26.6 Å². The summed E-state index contributed by atoms with van der Waals surface area (Å²) in [7, 11) is -1.20. The van der Waals surface area contributed by atoms with E-state index in [0.717, 1.165) is 10.8 Å². The summed E-state index contributed by atoms with van der Waals surface area (Å²) in [6, 6.07) is 16.5. The summed E-state index contributed by atoms with van der Waals surface area (Å²) in [5, 5.41) is 13.3. The van der Waals surface area contributed by atoms with Gasteiger partial charge in [0.1, 0.15) is 0 Å². The highest BCUT2D eigenvalue weighted by atomic mass is 28.2. The average Bonchev–Trinajstić information content (AvgIpc) is 2.63. The Labute approximate surface area is 163 Å². The van der Waals surface area contributed by atoms with Crippen molar-refractivity contribution < 1.29 is 14.7 Å². The van der Waals surface area contributed by atoms with Gasteiger partial charge in [0, 0.05) is 11.6 Å². The zero-order valence-corrected chi connectivity index (χ0v) is 17.9. The minimum atomic E-state index is -1.20. The fourth-order valence-electron chi connectivity index (χ4n) is 3.33. The van der Waals surface area contributed by atoms with Crippen molar-refractivity contribution in [1.82, 2.24) is 5.32 Å². The Morgan fingerprint density at radius 1 is 1.07 bits per heavy atom. The Morgan fingerprint density at radius 2 is 1.67 bits per heavy atom. The number of nitrogens with one attached hydrogen (secondary N) is 1. The van der Waals surface area contributed by atoms with Crippen LogP contribution < -0.4 is 10.5 Å². The van der Waals surface area contributed by atoms with Crippen LogP contribution in [0.4, 0.5) is 0 Å². The number of hydrogen-bond donors (Lipinski definition) is 2. The molecule has 0 aliphatic rings. The number of amides is 1. The number of aryl methyl sites for hydroxylation is 1. The van der Waals surface area contributed by atoms with Crippen LogP contribution in [0.15, 0.2) is 54.6 Å². The van der Waals surface area contributed by atoms with E-state index < -0.39 is 26.6 Å². The van der Waals surface area contributed by atoms with Crippen LogP contribution in [-0.4, -0.2) is 32.5 Å². The van der Waals surface area contributed by atoms with Crippen LogP contribution in [0.2, 0.25) is 5.04 Å². The van der Waals surface area contributed by atoms with Gasteiger partial charge in [0.15, 0.2) is 0 Å². The van der Waals surface area contributed by atoms with Gasteiger partial charge in [-0.25, -0.2) is 0 Å². The van der Waals surface area contributed by atoms with Gasteiger partial charge < -0.3 is 10.4 Å². The van der Waals surface area contributed by atoms with Crippen molar-refractivity contribution in [3.8, 4) is 0 Å². The van der Waals surface area contributed by atoms with E-state index in [2.05, 4.69) is 19.2 Å². The van der Waals surface area contributed by atoms with Gasteiger partial charge in [0.2, 0.25) is 0 Å². The molecular weight excluding hydrogens is 354 g/mol. The van der Waals surface area contributed by atoms with Crippen LogP contribution in [0.5, 0.6) is 0 Å². The Hall–Kier alpha value is -2.40. The second-order valence-electron chi connectivity index (χ2n) is 7.85. The second kappa shape index (κ2) is 9.00. The van der Waals surface area contributed by atoms with Crippen molar-refractivity contribution in [2.45, 2.75) is 45.2 Å². The van der Waals surface area contributed by atoms with Gasteiger partial charge in [-0.15, -0.1) is 0 Å². The molecule has 2 unspecified atom stereocenters. The molecule has 0 bridgehead atoms. The molecule has 27 heavy (non-hydrogen) atoms. The zero-order chi connectivity index (χ0) is 20.0. The Kier molecular flexibility index (Phi) is 6.96.